The number of nitrogens with zero attached hydrogens (tertiary/aromatic N) is 4. The molecule has 0 amide bonds. The number of guanidine groups is 1. The predicted octanol–water partition coefficient (Wildman–Crippen LogP) is 2.50. The molecule has 0 bridgehead atoms. The average molecular weight is 470 g/mol. The Bertz CT molecular complexity index is 730. The first kappa shape index (κ1) is 20.5. The van der Waals surface area contributed by atoms with E-state index < -0.39 is 0 Å². The molecule has 2 heterocycles. The summed E-state index contributed by atoms with van der Waals surface area (Å²) in [6, 6.07) is 7.94. The van der Waals surface area contributed by atoms with Gasteiger partial charge in [-0.2, -0.15) is 0 Å². The van der Waals surface area contributed by atoms with Gasteiger partial charge in [0.2, 0.25) is 0 Å². The van der Waals surface area contributed by atoms with Crippen LogP contribution in [0.25, 0.3) is 0 Å². The number of aryl methyl sites for hydroxylation is 1. The van der Waals surface area contributed by atoms with Gasteiger partial charge in [0.25, 0.3) is 0 Å². The number of para-hydroxylation sites is 1. The van der Waals surface area contributed by atoms with Crippen LogP contribution in [0.2, 0.25) is 0 Å². The number of hydrogen-bond donors (Lipinski definition) is 2. The summed E-state index contributed by atoms with van der Waals surface area (Å²) in [5, 5.41) is 15.2. The van der Waals surface area contributed by atoms with Crippen LogP contribution in [0.15, 0.2) is 29.3 Å². The summed E-state index contributed by atoms with van der Waals surface area (Å²) < 4.78 is 7.61. The van der Waals surface area contributed by atoms with Crippen molar-refractivity contribution in [2.24, 2.45) is 4.99 Å². The van der Waals surface area contributed by atoms with E-state index in [0.717, 1.165) is 48.4 Å². The van der Waals surface area contributed by atoms with Gasteiger partial charge in [0.15, 0.2) is 11.8 Å². The molecular weight excluding hydrogens is 443 g/mol. The smallest absolute Gasteiger partial charge is 0.191 e. The molecule has 0 atom stereocenters. The van der Waals surface area contributed by atoms with Crippen LogP contribution in [-0.2, 0) is 26.1 Å². The highest BCUT2D eigenvalue weighted by molar-refractivity contribution is 14.0. The van der Waals surface area contributed by atoms with E-state index in [1.807, 2.05) is 24.3 Å². The van der Waals surface area contributed by atoms with Gasteiger partial charge in [0.1, 0.15) is 11.6 Å². The summed E-state index contributed by atoms with van der Waals surface area (Å²) in [6.07, 6.45) is 3.42. The number of methoxy groups -OCH3 is 1. The fraction of sp³-hybridized carbons (Fsp3) is 0.500. The zero-order valence-electron chi connectivity index (χ0n) is 15.4. The average Bonchev–Trinajstić information content (AvgIpc) is 3.07. The number of aromatic nitrogens is 3. The highest BCUT2D eigenvalue weighted by Gasteiger charge is 2.15. The largest absolute Gasteiger partial charge is 0.496 e. The van der Waals surface area contributed by atoms with Gasteiger partial charge in [-0.15, -0.1) is 34.2 Å². The maximum absolute atomic E-state index is 5.39. The minimum Gasteiger partial charge on any atom is -0.496 e. The van der Waals surface area contributed by atoms with Gasteiger partial charge in [-0.25, -0.2) is 4.99 Å². The molecule has 0 unspecified atom stereocenters. The Morgan fingerprint density at radius 2 is 2.08 bits per heavy atom. The number of rotatable bonds is 6. The first-order chi connectivity index (χ1) is 12.3. The third kappa shape index (κ3) is 5.09. The summed E-state index contributed by atoms with van der Waals surface area (Å²) in [6.45, 7) is 5.03. The summed E-state index contributed by atoms with van der Waals surface area (Å²) in [5.41, 5.74) is 1.06. The van der Waals surface area contributed by atoms with E-state index >= 15 is 0 Å². The zero-order chi connectivity index (χ0) is 17.5. The Morgan fingerprint density at radius 3 is 2.88 bits per heavy atom. The Hall–Kier alpha value is -1.84. The van der Waals surface area contributed by atoms with Crippen molar-refractivity contribution in [1.29, 1.82) is 0 Å². The lowest BCUT2D eigenvalue weighted by atomic mass is 10.2. The maximum Gasteiger partial charge on any atom is 0.191 e. The zero-order valence-corrected chi connectivity index (χ0v) is 17.7. The predicted molar refractivity (Wildman–Crippen MR) is 113 cm³/mol. The van der Waals surface area contributed by atoms with Crippen LogP contribution in [0.4, 0.5) is 0 Å². The molecule has 0 saturated carbocycles. The molecule has 1 aliphatic rings. The van der Waals surface area contributed by atoms with Crippen molar-refractivity contribution in [3.8, 4) is 5.75 Å². The highest BCUT2D eigenvalue weighted by atomic mass is 127. The molecule has 2 N–H and O–H groups in total. The second-order valence-corrected chi connectivity index (χ2v) is 6.00. The number of halogens is 1. The molecule has 2 aromatic rings. The topological polar surface area (TPSA) is 76.4 Å². The van der Waals surface area contributed by atoms with E-state index in [4.69, 9.17) is 4.74 Å². The van der Waals surface area contributed by atoms with Crippen molar-refractivity contribution in [2.45, 2.75) is 45.8 Å². The fourth-order valence-corrected chi connectivity index (χ4v) is 3.00. The van der Waals surface area contributed by atoms with E-state index in [1.165, 1.54) is 12.8 Å². The minimum atomic E-state index is 0. The molecule has 7 nitrogen and oxygen atoms in total. The molecule has 0 fully saturated rings. The van der Waals surface area contributed by atoms with Crippen LogP contribution < -0.4 is 15.4 Å². The van der Waals surface area contributed by atoms with Crippen LogP contribution in [0, 0.1) is 0 Å². The normalized spacial score (nSPS) is 13.5. The number of hydrogen-bond acceptors (Lipinski definition) is 4. The van der Waals surface area contributed by atoms with Crippen LogP contribution in [0.5, 0.6) is 5.75 Å². The van der Waals surface area contributed by atoms with Gasteiger partial charge in [0, 0.05) is 25.1 Å². The number of ether oxygens (including phenoxy) is 1. The molecule has 8 heteroatoms. The molecule has 1 aliphatic heterocycles. The fourth-order valence-electron chi connectivity index (χ4n) is 3.00. The van der Waals surface area contributed by atoms with Crippen molar-refractivity contribution in [2.75, 3.05) is 13.7 Å². The third-order valence-electron chi connectivity index (χ3n) is 4.29. The quantitative estimate of drug-likeness (QED) is 0.386. The Morgan fingerprint density at radius 1 is 1.23 bits per heavy atom. The molecule has 26 heavy (non-hydrogen) atoms. The van der Waals surface area contributed by atoms with Crippen LogP contribution in [0.1, 0.15) is 37.0 Å². The van der Waals surface area contributed by atoms with E-state index in [-0.39, 0.29) is 24.0 Å². The van der Waals surface area contributed by atoms with E-state index in [2.05, 4.69) is 37.3 Å². The second-order valence-electron chi connectivity index (χ2n) is 6.00. The molecule has 3 rings (SSSR count). The van der Waals surface area contributed by atoms with Crippen LogP contribution in [-0.4, -0.2) is 34.4 Å². The lowest BCUT2D eigenvalue weighted by molar-refractivity contribution is 0.410. The van der Waals surface area contributed by atoms with Crippen LogP contribution >= 0.6 is 24.0 Å². The van der Waals surface area contributed by atoms with Crippen molar-refractivity contribution in [3.05, 3.63) is 41.5 Å². The Kier molecular flexibility index (Phi) is 8.14. The van der Waals surface area contributed by atoms with Gasteiger partial charge in [0.05, 0.1) is 20.2 Å². The van der Waals surface area contributed by atoms with Crippen molar-refractivity contribution in [3.63, 3.8) is 0 Å². The van der Waals surface area contributed by atoms with E-state index in [0.29, 0.717) is 13.1 Å². The van der Waals surface area contributed by atoms with Crippen molar-refractivity contribution < 1.29 is 4.74 Å². The first-order valence-electron chi connectivity index (χ1n) is 8.87. The third-order valence-corrected chi connectivity index (χ3v) is 4.29. The maximum atomic E-state index is 5.39. The van der Waals surface area contributed by atoms with Gasteiger partial charge >= 0.3 is 0 Å². The summed E-state index contributed by atoms with van der Waals surface area (Å²) >= 11 is 0. The van der Waals surface area contributed by atoms with Gasteiger partial charge in [-0.1, -0.05) is 18.2 Å². The van der Waals surface area contributed by atoms with E-state index in [1.54, 1.807) is 7.11 Å². The van der Waals surface area contributed by atoms with Crippen molar-refractivity contribution >= 4 is 29.9 Å². The lowest BCUT2D eigenvalue weighted by Gasteiger charge is -2.16. The van der Waals surface area contributed by atoms with Gasteiger partial charge < -0.3 is 19.9 Å². The monoisotopic (exact) mass is 470 g/mol. The molecule has 0 spiro atoms. The number of aliphatic imine (C=N–C) groups is 1. The van der Waals surface area contributed by atoms with Gasteiger partial charge in [-0.05, 0) is 25.8 Å². The van der Waals surface area contributed by atoms with Crippen LogP contribution in [0.3, 0.4) is 0 Å². The molecule has 0 radical (unpaired) electrons. The molecule has 142 valence electrons. The molecular formula is C18H27IN6O. The lowest BCUT2D eigenvalue weighted by Crippen LogP contribution is -2.37. The molecule has 1 aromatic heterocycles. The molecule has 0 saturated heterocycles. The number of nitrogens with one attached hydrogen (secondary N) is 2. The standard InChI is InChI=1S/C18H26N6O.HI/c1-3-19-18(20-12-14-8-4-5-9-15(14)25-2)21-13-17-23-22-16-10-6-7-11-24(16)17;/h4-5,8-9H,3,6-7,10-13H2,1-2H3,(H2,19,20,21);1H. The Labute approximate surface area is 171 Å². The molecule has 1 aromatic carbocycles. The SMILES string of the molecule is CCNC(=NCc1ccccc1OC)NCc1nnc2n1CCCC2.I. The second kappa shape index (κ2) is 10.3. The number of benzene rings is 1. The summed E-state index contributed by atoms with van der Waals surface area (Å²) in [7, 11) is 1.68. The first-order valence-corrected chi connectivity index (χ1v) is 8.87. The summed E-state index contributed by atoms with van der Waals surface area (Å²) in [4.78, 5) is 4.66. The molecule has 0 aliphatic carbocycles. The Balaban J connectivity index is 0.00000243. The summed E-state index contributed by atoms with van der Waals surface area (Å²) in [5.74, 6) is 3.69. The van der Waals surface area contributed by atoms with Gasteiger partial charge in [-0.3, -0.25) is 0 Å². The van der Waals surface area contributed by atoms with Crippen molar-refractivity contribution in [1.82, 2.24) is 25.4 Å². The number of fused-ring (bicyclic) bond motifs is 1. The highest BCUT2D eigenvalue weighted by Crippen LogP contribution is 2.18. The van der Waals surface area contributed by atoms with E-state index in [9.17, 15) is 0 Å². The minimum absolute atomic E-state index is 0.